The summed E-state index contributed by atoms with van der Waals surface area (Å²) in [6, 6.07) is 40.9. The summed E-state index contributed by atoms with van der Waals surface area (Å²) in [5.74, 6) is 0. The largest absolute Gasteiger partial charge is 0.135 e. The highest BCUT2D eigenvalue weighted by atomic mass is 32.1. The van der Waals surface area contributed by atoms with Gasteiger partial charge in [0.15, 0.2) is 0 Å². The molecule has 6 aromatic rings. The van der Waals surface area contributed by atoms with E-state index in [1.165, 1.54) is 75.1 Å². The number of fused-ring (bicyclic) bond motifs is 3. The molecule has 1 aliphatic rings. The molecule has 0 bridgehead atoms. The van der Waals surface area contributed by atoms with Crippen LogP contribution in [0.25, 0.3) is 52.9 Å². The molecule has 4 aromatic carbocycles. The number of benzene rings is 4. The Morgan fingerprint density at radius 2 is 0.744 bits per heavy atom. The Morgan fingerprint density at radius 1 is 0.410 bits per heavy atom. The molecule has 0 aliphatic heterocycles. The van der Waals surface area contributed by atoms with Gasteiger partial charge in [0.05, 0.1) is 0 Å². The van der Waals surface area contributed by atoms with Gasteiger partial charge in [-0.3, -0.25) is 0 Å². The molecule has 0 nitrogen and oxygen atoms in total. The molecule has 0 saturated heterocycles. The lowest BCUT2D eigenvalue weighted by atomic mass is 9.81. The lowest BCUT2D eigenvalue weighted by Crippen LogP contribution is -2.15. The third-order valence-corrected chi connectivity index (χ3v) is 10.5. The molecular weight excluding hydrogens is 509 g/mol. The first-order valence-electron chi connectivity index (χ1n) is 13.5. The zero-order valence-electron chi connectivity index (χ0n) is 22.7. The molecule has 0 saturated carbocycles. The number of hydrogen-bond acceptors (Lipinski definition) is 2. The highest BCUT2D eigenvalue weighted by molar-refractivity contribution is 7.19. The molecule has 39 heavy (non-hydrogen) atoms. The summed E-state index contributed by atoms with van der Waals surface area (Å²) in [5, 5.41) is 0. The third kappa shape index (κ3) is 4.19. The van der Waals surface area contributed by atoms with Crippen molar-refractivity contribution in [3.8, 4) is 52.9 Å². The van der Waals surface area contributed by atoms with E-state index in [2.05, 4.69) is 137 Å². The van der Waals surface area contributed by atoms with Gasteiger partial charge in [0, 0.05) is 24.9 Å². The summed E-state index contributed by atoms with van der Waals surface area (Å²) in [6.45, 7) is 9.03. The van der Waals surface area contributed by atoms with Crippen LogP contribution in [-0.2, 0) is 5.41 Å². The minimum absolute atomic E-state index is 0.0508. The maximum absolute atomic E-state index is 2.43. The van der Waals surface area contributed by atoms with Crippen molar-refractivity contribution in [3.05, 3.63) is 131 Å². The van der Waals surface area contributed by atoms with Gasteiger partial charge in [-0.2, -0.15) is 0 Å². The molecule has 2 aromatic heterocycles. The smallest absolute Gasteiger partial charge is 0.0349 e. The summed E-state index contributed by atoms with van der Waals surface area (Å²) < 4.78 is 0. The quantitative estimate of drug-likeness (QED) is 0.209. The molecule has 190 valence electrons. The summed E-state index contributed by atoms with van der Waals surface area (Å²) >= 11 is 3.75. The Balaban J connectivity index is 1.22. The maximum atomic E-state index is 2.43. The molecule has 1 aliphatic carbocycles. The van der Waals surface area contributed by atoms with Crippen molar-refractivity contribution >= 4 is 22.7 Å². The van der Waals surface area contributed by atoms with Gasteiger partial charge >= 0.3 is 0 Å². The van der Waals surface area contributed by atoms with E-state index < -0.39 is 0 Å². The van der Waals surface area contributed by atoms with E-state index in [-0.39, 0.29) is 5.41 Å². The van der Waals surface area contributed by atoms with Crippen LogP contribution < -0.4 is 0 Å². The van der Waals surface area contributed by atoms with Crippen LogP contribution in [0.5, 0.6) is 0 Å². The standard InChI is InChI=1S/C37H30S2/c1-23-5-9-25(10-6-23)33-17-19-35(38-33)27-13-15-29-30-16-14-28(22-32(30)37(3,4)31(29)21-27)36-20-18-34(39-36)26-11-7-24(2)8-12-26/h5-22H,1-4H3. The molecule has 0 atom stereocenters. The lowest BCUT2D eigenvalue weighted by Gasteiger charge is -2.22. The minimum Gasteiger partial charge on any atom is -0.135 e. The van der Waals surface area contributed by atoms with E-state index in [4.69, 9.17) is 0 Å². The third-order valence-electron chi connectivity index (χ3n) is 8.13. The Bertz CT molecular complexity index is 1690. The van der Waals surface area contributed by atoms with Crippen LogP contribution in [0.2, 0.25) is 0 Å². The zero-order chi connectivity index (χ0) is 26.7. The normalized spacial score (nSPS) is 13.3. The zero-order valence-corrected chi connectivity index (χ0v) is 24.3. The molecule has 0 unspecified atom stereocenters. The van der Waals surface area contributed by atoms with Gasteiger partial charge in [0.1, 0.15) is 0 Å². The topological polar surface area (TPSA) is 0 Å². The second-order valence-corrected chi connectivity index (χ2v) is 13.4. The fourth-order valence-corrected chi connectivity index (χ4v) is 7.79. The van der Waals surface area contributed by atoms with Crippen LogP contribution in [0.1, 0.15) is 36.1 Å². The van der Waals surface area contributed by atoms with E-state index in [9.17, 15) is 0 Å². The fourth-order valence-electron chi connectivity index (χ4n) is 5.78. The van der Waals surface area contributed by atoms with Crippen molar-refractivity contribution < 1.29 is 0 Å². The van der Waals surface area contributed by atoms with E-state index in [1.807, 2.05) is 22.7 Å². The van der Waals surface area contributed by atoms with E-state index in [0.29, 0.717) is 0 Å². The Labute approximate surface area is 239 Å². The minimum atomic E-state index is -0.0508. The second kappa shape index (κ2) is 9.19. The van der Waals surface area contributed by atoms with Crippen LogP contribution in [0, 0.1) is 13.8 Å². The first kappa shape index (κ1) is 24.3. The first-order chi connectivity index (χ1) is 18.9. The monoisotopic (exact) mass is 538 g/mol. The molecule has 0 amide bonds. The molecule has 7 rings (SSSR count). The van der Waals surface area contributed by atoms with E-state index >= 15 is 0 Å². The summed E-state index contributed by atoms with van der Waals surface area (Å²) in [4.78, 5) is 5.28. The number of rotatable bonds is 4. The van der Waals surface area contributed by atoms with Gasteiger partial charge in [-0.15, -0.1) is 22.7 Å². The van der Waals surface area contributed by atoms with Crippen molar-refractivity contribution in [2.75, 3.05) is 0 Å². The van der Waals surface area contributed by atoms with Crippen LogP contribution in [0.3, 0.4) is 0 Å². The fraction of sp³-hybridized carbons (Fsp3) is 0.135. The van der Waals surface area contributed by atoms with Gasteiger partial charge < -0.3 is 0 Å². The predicted molar refractivity (Wildman–Crippen MR) is 171 cm³/mol. The molecule has 0 fully saturated rings. The van der Waals surface area contributed by atoms with Crippen molar-refractivity contribution in [1.29, 1.82) is 0 Å². The van der Waals surface area contributed by atoms with Crippen molar-refractivity contribution in [2.24, 2.45) is 0 Å². The van der Waals surface area contributed by atoms with Gasteiger partial charge in [-0.05, 0) is 94.8 Å². The molecule has 2 heterocycles. The summed E-state index contributed by atoms with van der Waals surface area (Å²) in [5.41, 5.74) is 13.3. The van der Waals surface area contributed by atoms with Crippen molar-refractivity contribution in [2.45, 2.75) is 33.1 Å². The average Bonchev–Trinajstić information content (AvgIpc) is 3.68. The molecule has 0 radical (unpaired) electrons. The van der Waals surface area contributed by atoms with Crippen LogP contribution in [0.4, 0.5) is 0 Å². The molecule has 2 heteroatoms. The predicted octanol–water partition coefficient (Wildman–Crippen LogP) is 11.4. The molecule has 0 spiro atoms. The van der Waals surface area contributed by atoms with Crippen LogP contribution in [-0.4, -0.2) is 0 Å². The van der Waals surface area contributed by atoms with Gasteiger partial charge in [0.2, 0.25) is 0 Å². The highest BCUT2D eigenvalue weighted by Gasteiger charge is 2.36. The number of hydrogen-bond donors (Lipinski definition) is 0. The molecule has 0 N–H and O–H groups in total. The second-order valence-electron chi connectivity index (χ2n) is 11.2. The summed E-state index contributed by atoms with van der Waals surface area (Å²) in [6.07, 6.45) is 0. The van der Waals surface area contributed by atoms with E-state index in [0.717, 1.165) is 0 Å². The first-order valence-corrected chi connectivity index (χ1v) is 15.1. The lowest BCUT2D eigenvalue weighted by molar-refractivity contribution is 0.661. The van der Waals surface area contributed by atoms with Crippen LogP contribution in [0.15, 0.2) is 109 Å². The maximum Gasteiger partial charge on any atom is 0.0349 e. The number of aryl methyl sites for hydroxylation is 2. The van der Waals surface area contributed by atoms with Crippen molar-refractivity contribution in [3.63, 3.8) is 0 Å². The SMILES string of the molecule is Cc1ccc(-c2ccc(-c3ccc4c(c3)C(C)(C)c3cc(-c5ccc(-c6ccc(C)cc6)s5)ccc3-4)s2)cc1. The van der Waals surface area contributed by atoms with Gasteiger partial charge in [0.25, 0.3) is 0 Å². The van der Waals surface area contributed by atoms with Crippen molar-refractivity contribution in [1.82, 2.24) is 0 Å². The summed E-state index contributed by atoms with van der Waals surface area (Å²) in [7, 11) is 0. The number of thiophene rings is 2. The van der Waals surface area contributed by atoms with E-state index in [1.54, 1.807) is 0 Å². The van der Waals surface area contributed by atoms with Gasteiger partial charge in [-0.25, -0.2) is 0 Å². The van der Waals surface area contributed by atoms with Crippen LogP contribution >= 0.6 is 22.7 Å². The Morgan fingerprint density at radius 3 is 1.13 bits per heavy atom. The van der Waals surface area contributed by atoms with Gasteiger partial charge in [-0.1, -0.05) is 97.8 Å². The molecular formula is C37H30S2. The average molecular weight is 539 g/mol. The highest BCUT2D eigenvalue weighted by Crippen LogP contribution is 2.51. The Hall–Kier alpha value is -3.72. The Kier molecular flexibility index (Phi) is 5.73.